The molecule has 1 aromatic carbocycles. The maximum Gasteiger partial charge on any atom is 0.134 e. The molecule has 0 fully saturated rings. The van der Waals surface area contributed by atoms with Gasteiger partial charge >= 0.3 is 0 Å². The number of benzene rings is 1. The lowest BCUT2D eigenvalue weighted by Crippen LogP contribution is -1.91. The van der Waals surface area contributed by atoms with Crippen molar-refractivity contribution in [2.45, 2.75) is 4.90 Å². The van der Waals surface area contributed by atoms with Gasteiger partial charge in [-0.3, -0.25) is 0 Å². The molecule has 0 amide bonds. The maximum absolute atomic E-state index is 5.66. The zero-order valence-corrected chi connectivity index (χ0v) is 10.1. The average Bonchev–Trinajstić information content (AvgIpc) is 2.20. The van der Waals surface area contributed by atoms with Gasteiger partial charge in [0.05, 0.1) is 7.11 Å². The molecule has 0 aromatic heterocycles. The van der Waals surface area contributed by atoms with E-state index in [0.29, 0.717) is 0 Å². The number of nitrogen functional groups attached to an aromatic ring is 1. The number of hydrogen-bond acceptors (Lipinski definition) is 4. The summed E-state index contributed by atoms with van der Waals surface area (Å²) in [7, 11) is 1.67. The van der Waals surface area contributed by atoms with Crippen molar-refractivity contribution in [1.29, 1.82) is 0 Å². The van der Waals surface area contributed by atoms with Crippen LogP contribution in [0.2, 0.25) is 0 Å². The number of nitrogens with two attached hydrogens (primary N) is 1. The molecule has 1 aromatic rings. The zero-order valence-electron chi connectivity index (χ0n) is 8.45. The summed E-state index contributed by atoms with van der Waals surface area (Å²) in [6.07, 6.45) is 2.11. The molecule has 0 saturated carbocycles. The molecule has 0 aliphatic heterocycles. The highest BCUT2D eigenvalue weighted by Crippen LogP contribution is 2.31. The van der Waals surface area contributed by atoms with Gasteiger partial charge in [0.15, 0.2) is 0 Å². The molecule has 1 rings (SSSR count). The predicted molar refractivity (Wildman–Crippen MR) is 66.5 cm³/mol. The molecule has 0 aliphatic carbocycles. The van der Waals surface area contributed by atoms with E-state index < -0.39 is 0 Å². The molecule has 0 aliphatic rings. The summed E-state index contributed by atoms with van der Waals surface area (Å²) < 4.78 is 5.25. The van der Waals surface area contributed by atoms with Gasteiger partial charge in [0.1, 0.15) is 5.75 Å². The van der Waals surface area contributed by atoms with Crippen molar-refractivity contribution in [3.63, 3.8) is 0 Å². The molecule has 0 unspecified atom stereocenters. The Hall–Kier alpha value is -0.480. The van der Waals surface area contributed by atoms with Gasteiger partial charge in [0, 0.05) is 28.2 Å². The minimum atomic E-state index is 0.746. The standard InChI is InChI=1S/C10H15NOS2/c1-12-9-7-8(11)3-4-10(9)14-6-5-13-2/h3-4,7H,5-6,11H2,1-2H3. The van der Waals surface area contributed by atoms with Crippen LogP contribution in [0.5, 0.6) is 5.75 Å². The van der Waals surface area contributed by atoms with Crippen LogP contribution in [0.15, 0.2) is 23.1 Å². The van der Waals surface area contributed by atoms with E-state index in [2.05, 4.69) is 6.26 Å². The largest absolute Gasteiger partial charge is 0.496 e. The van der Waals surface area contributed by atoms with Gasteiger partial charge in [0.2, 0.25) is 0 Å². The van der Waals surface area contributed by atoms with Crippen LogP contribution in [0.1, 0.15) is 0 Å². The van der Waals surface area contributed by atoms with Gasteiger partial charge in [-0.05, 0) is 18.4 Å². The van der Waals surface area contributed by atoms with Crippen LogP contribution < -0.4 is 10.5 Å². The molecule has 0 saturated heterocycles. The minimum absolute atomic E-state index is 0.746. The van der Waals surface area contributed by atoms with Crippen LogP contribution >= 0.6 is 23.5 Å². The number of thioether (sulfide) groups is 2. The minimum Gasteiger partial charge on any atom is -0.496 e. The van der Waals surface area contributed by atoms with E-state index >= 15 is 0 Å². The quantitative estimate of drug-likeness (QED) is 0.478. The lowest BCUT2D eigenvalue weighted by molar-refractivity contribution is 0.405. The maximum atomic E-state index is 5.66. The van der Waals surface area contributed by atoms with Gasteiger partial charge in [-0.2, -0.15) is 11.8 Å². The molecule has 2 N–H and O–H groups in total. The highest BCUT2D eigenvalue weighted by atomic mass is 32.2. The van der Waals surface area contributed by atoms with Crippen LogP contribution in [-0.4, -0.2) is 24.9 Å². The summed E-state index contributed by atoms with van der Waals surface area (Å²) in [5.74, 6) is 3.12. The van der Waals surface area contributed by atoms with E-state index in [1.165, 1.54) is 0 Å². The van der Waals surface area contributed by atoms with Gasteiger partial charge in [0.25, 0.3) is 0 Å². The van der Waals surface area contributed by atoms with E-state index in [1.54, 1.807) is 18.9 Å². The van der Waals surface area contributed by atoms with E-state index in [4.69, 9.17) is 10.5 Å². The summed E-state index contributed by atoms with van der Waals surface area (Å²) in [6.45, 7) is 0. The van der Waals surface area contributed by atoms with Crippen molar-refractivity contribution < 1.29 is 4.74 Å². The molecular formula is C10H15NOS2. The third-order valence-corrected chi connectivity index (χ3v) is 3.66. The van der Waals surface area contributed by atoms with Gasteiger partial charge in [-0.1, -0.05) is 0 Å². The third-order valence-electron chi connectivity index (χ3n) is 1.73. The summed E-state index contributed by atoms with van der Waals surface area (Å²) >= 11 is 3.65. The molecule has 0 radical (unpaired) electrons. The fourth-order valence-corrected chi connectivity index (χ4v) is 2.71. The first-order valence-electron chi connectivity index (χ1n) is 4.33. The summed E-state index contributed by atoms with van der Waals surface area (Å²) in [4.78, 5) is 1.16. The third kappa shape index (κ3) is 3.35. The van der Waals surface area contributed by atoms with Gasteiger partial charge in [-0.15, -0.1) is 11.8 Å². The Kier molecular flexibility index (Phi) is 5.04. The lowest BCUT2D eigenvalue weighted by Gasteiger charge is -2.08. The van der Waals surface area contributed by atoms with Gasteiger partial charge in [-0.25, -0.2) is 0 Å². The van der Waals surface area contributed by atoms with Crippen molar-refractivity contribution >= 4 is 29.2 Å². The molecule has 0 bridgehead atoms. The van der Waals surface area contributed by atoms with Crippen molar-refractivity contribution in [2.75, 3.05) is 30.6 Å². The fraction of sp³-hybridized carbons (Fsp3) is 0.400. The Balaban J connectivity index is 2.65. The molecule has 0 heterocycles. The highest BCUT2D eigenvalue weighted by molar-refractivity contribution is 8.02. The number of rotatable bonds is 5. The second-order valence-corrected chi connectivity index (χ2v) is 4.87. The highest BCUT2D eigenvalue weighted by Gasteiger charge is 2.03. The molecular weight excluding hydrogens is 214 g/mol. The summed E-state index contributed by atoms with van der Waals surface area (Å²) in [5, 5.41) is 0. The topological polar surface area (TPSA) is 35.2 Å². The Bertz CT molecular complexity index is 291. The first kappa shape index (κ1) is 11.6. The Morgan fingerprint density at radius 2 is 2.14 bits per heavy atom. The van der Waals surface area contributed by atoms with E-state index in [0.717, 1.165) is 27.8 Å². The predicted octanol–water partition coefficient (Wildman–Crippen LogP) is 2.73. The zero-order chi connectivity index (χ0) is 10.4. The average molecular weight is 229 g/mol. The van der Waals surface area contributed by atoms with Crippen molar-refractivity contribution in [3.05, 3.63) is 18.2 Å². The van der Waals surface area contributed by atoms with E-state index in [9.17, 15) is 0 Å². The molecule has 4 heteroatoms. The first-order valence-corrected chi connectivity index (χ1v) is 6.71. The van der Waals surface area contributed by atoms with Crippen LogP contribution in [0.25, 0.3) is 0 Å². The summed E-state index contributed by atoms with van der Waals surface area (Å²) in [6, 6.07) is 5.78. The van der Waals surface area contributed by atoms with Gasteiger partial charge < -0.3 is 10.5 Å². The van der Waals surface area contributed by atoms with E-state index in [1.807, 2.05) is 30.0 Å². The van der Waals surface area contributed by atoms with Crippen molar-refractivity contribution in [3.8, 4) is 5.75 Å². The molecule has 0 atom stereocenters. The summed E-state index contributed by atoms with van der Waals surface area (Å²) in [5.41, 5.74) is 6.41. The fourth-order valence-electron chi connectivity index (χ4n) is 1.04. The van der Waals surface area contributed by atoms with E-state index in [-0.39, 0.29) is 0 Å². The molecule has 0 spiro atoms. The van der Waals surface area contributed by atoms with Crippen LogP contribution in [-0.2, 0) is 0 Å². The SMILES string of the molecule is COc1cc(N)ccc1SCCSC. The number of hydrogen-bond donors (Lipinski definition) is 1. The first-order chi connectivity index (χ1) is 6.77. The van der Waals surface area contributed by atoms with Crippen LogP contribution in [0, 0.1) is 0 Å². The second kappa shape index (κ2) is 6.09. The molecule has 78 valence electrons. The Labute approximate surface area is 93.6 Å². The Morgan fingerprint density at radius 1 is 1.36 bits per heavy atom. The van der Waals surface area contributed by atoms with Crippen molar-refractivity contribution in [1.82, 2.24) is 0 Å². The number of anilines is 1. The second-order valence-electron chi connectivity index (χ2n) is 2.75. The monoisotopic (exact) mass is 229 g/mol. The molecule has 14 heavy (non-hydrogen) atoms. The number of methoxy groups -OCH3 is 1. The normalized spacial score (nSPS) is 10.1. The smallest absolute Gasteiger partial charge is 0.134 e. The molecule has 2 nitrogen and oxygen atoms in total. The number of ether oxygens (including phenoxy) is 1. The van der Waals surface area contributed by atoms with Crippen molar-refractivity contribution in [2.24, 2.45) is 0 Å². The van der Waals surface area contributed by atoms with Crippen LogP contribution in [0.3, 0.4) is 0 Å². The Morgan fingerprint density at radius 3 is 2.79 bits per heavy atom. The lowest BCUT2D eigenvalue weighted by atomic mass is 10.3. The van der Waals surface area contributed by atoms with Crippen LogP contribution in [0.4, 0.5) is 5.69 Å².